The number of hydrogen-bond donors (Lipinski definition) is 1. The van der Waals surface area contributed by atoms with Crippen LogP contribution in [0.4, 0.5) is 5.69 Å². The SMILES string of the molecule is Cc1ccc(N2CCCCS2(=O)=O)cc1S(=O)(=O)NCc1ccc(Cl)cc1. The topological polar surface area (TPSA) is 83.6 Å². The second-order valence-electron chi connectivity index (χ2n) is 6.50. The van der Waals surface area contributed by atoms with Crippen molar-refractivity contribution in [1.82, 2.24) is 4.72 Å². The lowest BCUT2D eigenvalue weighted by Crippen LogP contribution is -2.38. The van der Waals surface area contributed by atoms with Crippen LogP contribution in [0.5, 0.6) is 0 Å². The van der Waals surface area contributed by atoms with E-state index in [4.69, 9.17) is 11.6 Å². The Labute approximate surface area is 165 Å². The normalized spacial score (nSPS) is 17.0. The maximum atomic E-state index is 12.8. The number of nitrogens with one attached hydrogen (secondary N) is 1. The fourth-order valence-corrected chi connectivity index (χ4v) is 6.01. The zero-order chi connectivity index (χ0) is 19.7. The Hall–Kier alpha value is -1.61. The van der Waals surface area contributed by atoms with Gasteiger partial charge in [-0.05, 0) is 55.2 Å². The zero-order valence-corrected chi connectivity index (χ0v) is 17.2. The first-order chi connectivity index (χ1) is 12.7. The summed E-state index contributed by atoms with van der Waals surface area (Å²) in [5.74, 6) is 0.0811. The number of benzene rings is 2. The van der Waals surface area contributed by atoms with Gasteiger partial charge in [-0.1, -0.05) is 29.8 Å². The van der Waals surface area contributed by atoms with Crippen molar-refractivity contribution in [1.29, 1.82) is 0 Å². The molecule has 0 aliphatic carbocycles. The van der Waals surface area contributed by atoms with Gasteiger partial charge in [-0.25, -0.2) is 21.6 Å². The summed E-state index contributed by atoms with van der Waals surface area (Å²) in [5, 5.41) is 0.577. The third kappa shape index (κ3) is 4.63. The van der Waals surface area contributed by atoms with Gasteiger partial charge in [-0.2, -0.15) is 0 Å². The van der Waals surface area contributed by atoms with Crippen LogP contribution in [0, 0.1) is 6.92 Å². The van der Waals surface area contributed by atoms with Crippen molar-refractivity contribution in [3.63, 3.8) is 0 Å². The molecule has 0 radical (unpaired) electrons. The van der Waals surface area contributed by atoms with E-state index in [2.05, 4.69) is 4.72 Å². The molecule has 3 rings (SSSR count). The van der Waals surface area contributed by atoms with Gasteiger partial charge in [-0.15, -0.1) is 0 Å². The monoisotopic (exact) mass is 428 g/mol. The van der Waals surface area contributed by atoms with E-state index in [-0.39, 0.29) is 17.2 Å². The highest BCUT2D eigenvalue weighted by Gasteiger charge is 2.27. The van der Waals surface area contributed by atoms with Crippen molar-refractivity contribution in [3.8, 4) is 0 Å². The van der Waals surface area contributed by atoms with Crippen LogP contribution in [0.15, 0.2) is 47.4 Å². The standard InChI is InChI=1S/C18H21ClN2O4S2/c1-14-4-9-17(21-10-2-3-11-26(21,22)23)12-18(14)27(24,25)20-13-15-5-7-16(19)8-6-15/h4-9,12,20H,2-3,10-11,13H2,1H3. The maximum Gasteiger partial charge on any atom is 0.241 e. The molecule has 1 saturated heterocycles. The molecule has 0 unspecified atom stereocenters. The van der Waals surface area contributed by atoms with Crippen molar-refractivity contribution >= 4 is 37.3 Å². The van der Waals surface area contributed by atoms with Gasteiger partial charge in [0.25, 0.3) is 0 Å². The maximum absolute atomic E-state index is 12.8. The van der Waals surface area contributed by atoms with Gasteiger partial charge in [0.2, 0.25) is 20.0 Å². The van der Waals surface area contributed by atoms with Crippen LogP contribution in [-0.4, -0.2) is 29.1 Å². The first-order valence-corrected chi connectivity index (χ1v) is 12.0. The molecule has 0 amide bonds. The summed E-state index contributed by atoms with van der Waals surface area (Å²) in [6.45, 7) is 2.17. The van der Waals surface area contributed by atoms with E-state index in [1.165, 1.54) is 10.4 Å². The van der Waals surface area contributed by atoms with Crippen LogP contribution < -0.4 is 9.03 Å². The van der Waals surface area contributed by atoms with Crippen LogP contribution in [0.3, 0.4) is 0 Å². The van der Waals surface area contributed by atoms with Gasteiger partial charge in [0, 0.05) is 18.1 Å². The summed E-state index contributed by atoms with van der Waals surface area (Å²) in [5.41, 5.74) is 1.71. The van der Waals surface area contributed by atoms with Crippen LogP contribution in [0.1, 0.15) is 24.0 Å². The lowest BCUT2D eigenvalue weighted by atomic mass is 10.2. The number of halogens is 1. The molecule has 2 aromatic carbocycles. The number of nitrogens with zero attached hydrogens (tertiary/aromatic N) is 1. The minimum atomic E-state index is -3.80. The predicted octanol–water partition coefficient (Wildman–Crippen LogP) is 3.06. The Bertz CT molecular complexity index is 1040. The molecule has 0 saturated carbocycles. The van der Waals surface area contributed by atoms with Crippen molar-refractivity contribution in [3.05, 3.63) is 58.6 Å². The first-order valence-electron chi connectivity index (χ1n) is 8.54. The number of sulfonamides is 2. The molecule has 1 N–H and O–H groups in total. The summed E-state index contributed by atoms with van der Waals surface area (Å²) in [6, 6.07) is 11.6. The molecule has 0 atom stereocenters. The fraction of sp³-hybridized carbons (Fsp3) is 0.333. The van der Waals surface area contributed by atoms with Gasteiger partial charge in [0.1, 0.15) is 0 Å². The average Bonchev–Trinajstić information content (AvgIpc) is 2.61. The summed E-state index contributed by atoms with van der Waals surface area (Å²) in [7, 11) is -7.21. The molecule has 2 aromatic rings. The van der Waals surface area contributed by atoms with Crippen molar-refractivity contribution in [2.45, 2.75) is 31.2 Å². The van der Waals surface area contributed by atoms with E-state index in [1.807, 2.05) is 0 Å². The summed E-state index contributed by atoms with van der Waals surface area (Å²) in [6.07, 6.45) is 1.38. The Morgan fingerprint density at radius 1 is 1.11 bits per heavy atom. The Kier molecular flexibility index (Phi) is 5.81. The van der Waals surface area contributed by atoms with Crippen LogP contribution in [-0.2, 0) is 26.6 Å². The highest BCUT2D eigenvalue weighted by Crippen LogP contribution is 2.28. The van der Waals surface area contributed by atoms with Crippen molar-refractivity contribution in [2.24, 2.45) is 0 Å². The van der Waals surface area contributed by atoms with Crippen molar-refractivity contribution in [2.75, 3.05) is 16.6 Å². The third-order valence-electron chi connectivity index (χ3n) is 4.48. The highest BCUT2D eigenvalue weighted by molar-refractivity contribution is 7.92. The molecule has 0 bridgehead atoms. The lowest BCUT2D eigenvalue weighted by molar-refractivity contribution is 0.573. The van der Waals surface area contributed by atoms with Crippen LogP contribution in [0.25, 0.3) is 0 Å². The number of aryl methyl sites for hydroxylation is 1. The van der Waals surface area contributed by atoms with E-state index in [1.54, 1.807) is 43.3 Å². The van der Waals surface area contributed by atoms with E-state index in [9.17, 15) is 16.8 Å². The predicted molar refractivity (Wildman–Crippen MR) is 107 cm³/mol. The minimum Gasteiger partial charge on any atom is -0.270 e. The smallest absolute Gasteiger partial charge is 0.241 e. The molecule has 1 fully saturated rings. The third-order valence-corrected chi connectivity index (χ3v) is 8.14. The Balaban J connectivity index is 1.87. The summed E-state index contributed by atoms with van der Waals surface area (Å²) >= 11 is 5.84. The van der Waals surface area contributed by atoms with Gasteiger partial charge < -0.3 is 0 Å². The first kappa shape index (κ1) is 20.1. The van der Waals surface area contributed by atoms with Gasteiger partial charge in [0.05, 0.1) is 16.3 Å². The van der Waals surface area contributed by atoms with E-state index in [0.29, 0.717) is 29.2 Å². The second kappa shape index (κ2) is 7.79. The molecule has 1 aliphatic heterocycles. The largest absolute Gasteiger partial charge is 0.270 e. The number of rotatable bonds is 5. The molecule has 0 aromatic heterocycles. The van der Waals surface area contributed by atoms with Gasteiger partial charge in [0.15, 0.2) is 0 Å². The Morgan fingerprint density at radius 2 is 1.81 bits per heavy atom. The van der Waals surface area contributed by atoms with Gasteiger partial charge in [-0.3, -0.25) is 4.31 Å². The molecule has 0 spiro atoms. The van der Waals surface area contributed by atoms with E-state index >= 15 is 0 Å². The molecule has 1 heterocycles. The highest BCUT2D eigenvalue weighted by atomic mass is 35.5. The molecule has 27 heavy (non-hydrogen) atoms. The summed E-state index contributed by atoms with van der Waals surface area (Å²) in [4.78, 5) is 0.0785. The molecule has 6 nitrogen and oxygen atoms in total. The van der Waals surface area contributed by atoms with Gasteiger partial charge >= 0.3 is 0 Å². The van der Waals surface area contributed by atoms with E-state index in [0.717, 1.165) is 12.0 Å². The molecular formula is C18H21ClN2O4S2. The lowest BCUT2D eigenvalue weighted by Gasteiger charge is -2.28. The number of hydrogen-bond acceptors (Lipinski definition) is 4. The average molecular weight is 429 g/mol. The minimum absolute atomic E-state index is 0.0785. The second-order valence-corrected chi connectivity index (χ2v) is 10.7. The molecule has 1 aliphatic rings. The van der Waals surface area contributed by atoms with Crippen LogP contribution in [0.2, 0.25) is 5.02 Å². The van der Waals surface area contributed by atoms with Crippen molar-refractivity contribution < 1.29 is 16.8 Å². The molecular weight excluding hydrogens is 408 g/mol. The van der Waals surface area contributed by atoms with Crippen LogP contribution >= 0.6 is 11.6 Å². The summed E-state index contributed by atoms with van der Waals surface area (Å²) < 4.78 is 54.1. The Morgan fingerprint density at radius 3 is 2.48 bits per heavy atom. The quantitative estimate of drug-likeness (QED) is 0.793. The van der Waals surface area contributed by atoms with E-state index < -0.39 is 20.0 Å². The fourth-order valence-electron chi connectivity index (χ4n) is 2.97. The molecule has 146 valence electrons. The number of anilines is 1. The zero-order valence-electron chi connectivity index (χ0n) is 14.9. The molecule has 9 heteroatoms.